The lowest BCUT2D eigenvalue weighted by Gasteiger charge is -2.51. The molecule has 0 saturated carbocycles. The van der Waals surface area contributed by atoms with Crippen molar-refractivity contribution >= 4 is 33.4 Å². The Hall–Kier alpha value is -6.54. The van der Waals surface area contributed by atoms with E-state index in [1.54, 1.807) is 12.2 Å². The summed E-state index contributed by atoms with van der Waals surface area (Å²) in [6, 6.07) is 42.4. The third-order valence-corrected chi connectivity index (χ3v) is 10.1. The van der Waals surface area contributed by atoms with Crippen LogP contribution >= 0.6 is 0 Å². The molecule has 8 nitrogen and oxygen atoms in total. The van der Waals surface area contributed by atoms with Crippen LogP contribution in [0.5, 0.6) is 23.0 Å². The monoisotopic (exact) mass is 716 g/mol. The number of ether oxygens (including phenoxy) is 4. The van der Waals surface area contributed by atoms with Gasteiger partial charge in [-0.15, -0.1) is 0 Å². The zero-order valence-electron chi connectivity index (χ0n) is 29.8. The highest BCUT2D eigenvalue weighted by atomic mass is 16.5. The average Bonchev–Trinajstić information content (AvgIpc) is 3.22. The van der Waals surface area contributed by atoms with Gasteiger partial charge in [-0.25, -0.2) is 0 Å². The molecule has 2 amide bonds. The first-order valence-corrected chi connectivity index (χ1v) is 18.1. The lowest BCUT2D eigenvalue weighted by Crippen LogP contribution is -2.66. The molecule has 2 fully saturated rings. The minimum absolute atomic E-state index is 0.165. The van der Waals surface area contributed by atoms with Crippen LogP contribution in [0.15, 0.2) is 159 Å². The number of para-hydroxylation sites is 4. The topological polar surface area (TPSA) is 77.5 Å². The molecule has 2 heterocycles. The van der Waals surface area contributed by atoms with Crippen LogP contribution in [-0.4, -0.2) is 60.1 Å². The van der Waals surface area contributed by atoms with Crippen LogP contribution in [0, 0.1) is 0 Å². The Morgan fingerprint density at radius 2 is 0.852 bits per heavy atom. The molecule has 8 rings (SSSR count). The first-order chi connectivity index (χ1) is 26.6. The summed E-state index contributed by atoms with van der Waals surface area (Å²) in [4.78, 5) is 32.0. The van der Waals surface area contributed by atoms with Crippen molar-refractivity contribution in [3.8, 4) is 23.0 Å². The van der Waals surface area contributed by atoms with E-state index in [4.69, 9.17) is 18.9 Å². The molecule has 0 unspecified atom stereocenters. The summed E-state index contributed by atoms with van der Waals surface area (Å²) in [6.07, 6.45) is 1.74. The van der Waals surface area contributed by atoms with Gasteiger partial charge in [0.1, 0.15) is 25.3 Å². The van der Waals surface area contributed by atoms with Gasteiger partial charge in [-0.2, -0.15) is 0 Å². The van der Waals surface area contributed by atoms with Crippen molar-refractivity contribution in [2.45, 2.75) is 24.3 Å². The first kappa shape index (κ1) is 34.5. The second kappa shape index (κ2) is 15.2. The van der Waals surface area contributed by atoms with Crippen molar-refractivity contribution in [2.24, 2.45) is 0 Å². The molecule has 0 N–H and O–H groups in total. The lowest BCUT2D eigenvalue weighted by molar-refractivity contribution is -0.172. The van der Waals surface area contributed by atoms with Crippen molar-refractivity contribution in [2.75, 3.05) is 26.3 Å². The number of hydrogen-bond acceptors (Lipinski definition) is 6. The van der Waals surface area contributed by atoms with Crippen LogP contribution in [0.2, 0.25) is 0 Å². The summed E-state index contributed by atoms with van der Waals surface area (Å²) in [5.74, 6) is 1.70. The number of carbonyl (C=O) groups is 2. The van der Waals surface area contributed by atoms with Crippen molar-refractivity contribution in [1.29, 1.82) is 0 Å². The quantitative estimate of drug-likeness (QED) is 0.0784. The molecule has 0 spiro atoms. The maximum absolute atomic E-state index is 14.2. The number of amides is 2. The Morgan fingerprint density at radius 1 is 0.481 bits per heavy atom. The van der Waals surface area contributed by atoms with Crippen LogP contribution in [0.25, 0.3) is 21.5 Å². The van der Waals surface area contributed by atoms with Gasteiger partial charge in [0, 0.05) is 13.1 Å². The number of hydrogen-bond donors (Lipinski definition) is 0. The van der Waals surface area contributed by atoms with Crippen LogP contribution in [-0.2, 0) is 9.59 Å². The summed E-state index contributed by atoms with van der Waals surface area (Å²) >= 11 is 0. The Morgan fingerprint density at radius 3 is 1.28 bits per heavy atom. The fraction of sp³-hybridized carbons (Fsp3) is 0.174. The Balaban J connectivity index is 1.11. The standard InChI is InChI=1S/C46H40N2O6/c1-3-29-51-37-23-9-11-25-39(37)53-43-41(35-21-13-17-31-15-5-7-19-33(31)35)47(45(43)49)27-28-48-42(36-22-14-18-32-16-6-8-20-34(32)36)44(46(48)50)54-40-26-12-10-24-38(40)52-30-4-2/h3-26,41-44H,1-2,27-30H2/t41-,42+,43+,44-. The lowest BCUT2D eigenvalue weighted by atomic mass is 9.86. The van der Waals surface area contributed by atoms with E-state index in [-0.39, 0.29) is 11.8 Å². The molecule has 6 aromatic rings. The molecule has 54 heavy (non-hydrogen) atoms. The second-order valence-electron chi connectivity index (χ2n) is 13.3. The fourth-order valence-electron chi connectivity index (χ4n) is 7.56. The first-order valence-electron chi connectivity index (χ1n) is 18.1. The van der Waals surface area contributed by atoms with E-state index >= 15 is 0 Å². The van der Waals surface area contributed by atoms with Crippen molar-refractivity contribution in [1.82, 2.24) is 9.80 Å². The van der Waals surface area contributed by atoms with Gasteiger partial charge in [0.25, 0.3) is 11.8 Å². The van der Waals surface area contributed by atoms with E-state index < -0.39 is 24.3 Å². The molecule has 270 valence electrons. The molecule has 0 radical (unpaired) electrons. The van der Waals surface area contributed by atoms with E-state index in [1.807, 2.05) is 107 Å². The molecule has 2 saturated heterocycles. The third-order valence-electron chi connectivity index (χ3n) is 10.1. The summed E-state index contributed by atoms with van der Waals surface area (Å²) in [7, 11) is 0. The van der Waals surface area contributed by atoms with E-state index in [2.05, 4.69) is 49.6 Å². The summed E-state index contributed by atoms with van der Waals surface area (Å²) < 4.78 is 24.7. The third kappa shape index (κ3) is 6.40. The van der Waals surface area contributed by atoms with Crippen molar-refractivity contribution in [3.63, 3.8) is 0 Å². The van der Waals surface area contributed by atoms with E-state index in [1.165, 1.54) is 0 Å². The zero-order valence-corrected chi connectivity index (χ0v) is 29.8. The summed E-state index contributed by atoms with van der Waals surface area (Å²) in [6.45, 7) is 8.70. The summed E-state index contributed by atoms with van der Waals surface area (Å²) in [5, 5.41) is 4.20. The fourth-order valence-corrected chi connectivity index (χ4v) is 7.56. The molecule has 6 aromatic carbocycles. The molecule has 0 bridgehead atoms. The molecule has 0 aromatic heterocycles. The van der Waals surface area contributed by atoms with Crippen LogP contribution < -0.4 is 18.9 Å². The second-order valence-corrected chi connectivity index (χ2v) is 13.3. The van der Waals surface area contributed by atoms with Crippen LogP contribution in [0.3, 0.4) is 0 Å². The predicted octanol–water partition coefficient (Wildman–Crippen LogP) is 8.48. The highest BCUT2D eigenvalue weighted by Gasteiger charge is 2.54. The average molecular weight is 717 g/mol. The Bertz CT molecular complexity index is 2180. The van der Waals surface area contributed by atoms with Gasteiger partial charge in [0.15, 0.2) is 23.0 Å². The van der Waals surface area contributed by atoms with Gasteiger partial charge in [0.05, 0.1) is 0 Å². The highest BCUT2D eigenvalue weighted by molar-refractivity contribution is 5.95. The molecular formula is C46H40N2O6. The predicted molar refractivity (Wildman–Crippen MR) is 210 cm³/mol. The normalized spacial score (nSPS) is 19.2. The molecule has 2 aliphatic heterocycles. The number of fused-ring (bicyclic) bond motifs is 2. The Labute approximate surface area is 314 Å². The minimum atomic E-state index is -0.798. The number of carbonyl (C=O) groups excluding carboxylic acids is 2. The number of benzene rings is 6. The van der Waals surface area contributed by atoms with Gasteiger partial charge in [0.2, 0.25) is 12.2 Å². The smallest absolute Gasteiger partial charge is 0.266 e. The van der Waals surface area contributed by atoms with Gasteiger partial charge < -0.3 is 28.7 Å². The number of β-lactam (4-membered cyclic amide) rings is 2. The maximum Gasteiger partial charge on any atom is 0.266 e. The van der Waals surface area contributed by atoms with Gasteiger partial charge in [-0.1, -0.05) is 135 Å². The van der Waals surface area contributed by atoms with Gasteiger partial charge in [-0.05, 0) is 56.9 Å². The van der Waals surface area contributed by atoms with Crippen molar-refractivity contribution < 1.29 is 28.5 Å². The van der Waals surface area contributed by atoms with Crippen LogP contribution in [0.4, 0.5) is 0 Å². The molecule has 0 aliphatic carbocycles. The van der Waals surface area contributed by atoms with Gasteiger partial charge >= 0.3 is 0 Å². The molecule has 4 atom stereocenters. The summed E-state index contributed by atoms with van der Waals surface area (Å²) in [5.41, 5.74) is 1.94. The highest BCUT2D eigenvalue weighted by Crippen LogP contribution is 2.45. The SMILES string of the molecule is C=CCOc1ccccc1O[C@@H]1C(=O)N(CCN2C(=O)[C@H](Oc3ccccc3OCC=C)[C@@H]2c2cccc3ccccc23)[C@@H]1c1cccc2ccccc12. The van der Waals surface area contributed by atoms with Gasteiger partial charge in [-0.3, -0.25) is 9.59 Å². The van der Waals surface area contributed by atoms with E-state index in [0.717, 1.165) is 32.7 Å². The molecule has 2 aliphatic rings. The number of likely N-dealkylation sites (tertiary alicyclic amines) is 2. The molecule has 8 heteroatoms. The largest absolute Gasteiger partial charge is 0.486 e. The van der Waals surface area contributed by atoms with E-state index in [0.29, 0.717) is 49.3 Å². The maximum atomic E-state index is 14.2. The zero-order chi connectivity index (χ0) is 37.0. The minimum Gasteiger partial charge on any atom is -0.486 e. The number of rotatable bonds is 15. The number of nitrogens with zero attached hydrogens (tertiary/aromatic N) is 2. The Kier molecular flexibility index (Phi) is 9.73. The van der Waals surface area contributed by atoms with E-state index in [9.17, 15) is 9.59 Å². The molecular weight excluding hydrogens is 677 g/mol. The van der Waals surface area contributed by atoms with Crippen LogP contribution in [0.1, 0.15) is 23.2 Å². The van der Waals surface area contributed by atoms with Crippen molar-refractivity contribution in [3.05, 3.63) is 170 Å².